The van der Waals surface area contributed by atoms with Crippen molar-refractivity contribution in [1.29, 1.82) is 0 Å². The monoisotopic (exact) mass is 327 g/mol. The van der Waals surface area contributed by atoms with Gasteiger partial charge in [0, 0.05) is 44.1 Å². The summed E-state index contributed by atoms with van der Waals surface area (Å²) in [5.41, 5.74) is 2.11. The smallest absolute Gasteiger partial charge is 0.369 e. The molecule has 0 unspecified atom stereocenters. The van der Waals surface area contributed by atoms with Crippen LogP contribution in [-0.2, 0) is 11.2 Å². The van der Waals surface area contributed by atoms with E-state index in [1.54, 1.807) is 6.07 Å². The summed E-state index contributed by atoms with van der Waals surface area (Å²) >= 11 is 0. The second kappa shape index (κ2) is 6.03. The van der Waals surface area contributed by atoms with Gasteiger partial charge in [0.1, 0.15) is 0 Å². The summed E-state index contributed by atoms with van der Waals surface area (Å²) in [7, 11) is 2.05. The van der Waals surface area contributed by atoms with Crippen molar-refractivity contribution in [3.63, 3.8) is 0 Å². The van der Waals surface area contributed by atoms with E-state index in [0.717, 1.165) is 42.3 Å². The lowest BCUT2D eigenvalue weighted by Gasteiger charge is -2.36. The molecule has 0 atom stereocenters. The molecule has 7 heteroatoms. The average molecular weight is 327 g/mol. The van der Waals surface area contributed by atoms with Crippen LogP contribution in [0.25, 0.3) is 0 Å². The predicted molar refractivity (Wildman–Crippen MR) is 82.9 cm³/mol. The van der Waals surface area contributed by atoms with Crippen LogP contribution in [0.2, 0.25) is 0 Å². The zero-order chi connectivity index (χ0) is 16.6. The molecule has 0 saturated carbocycles. The molecule has 1 aromatic carbocycles. The lowest BCUT2D eigenvalue weighted by molar-refractivity contribution is -0.170. The van der Waals surface area contributed by atoms with Crippen molar-refractivity contribution in [3.8, 4) is 0 Å². The summed E-state index contributed by atoms with van der Waals surface area (Å²) in [5, 5.41) is 0. The van der Waals surface area contributed by atoms with Gasteiger partial charge in [0.25, 0.3) is 0 Å². The zero-order valence-electron chi connectivity index (χ0n) is 13.1. The van der Waals surface area contributed by atoms with Gasteiger partial charge >= 0.3 is 12.1 Å². The van der Waals surface area contributed by atoms with Gasteiger partial charge in [-0.3, -0.25) is 4.79 Å². The third-order valence-corrected chi connectivity index (χ3v) is 4.54. The summed E-state index contributed by atoms with van der Waals surface area (Å²) in [5.74, 6) is -1.77. The van der Waals surface area contributed by atoms with E-state index < -0.39 is 12.1 Å². The van der Waals surface area contributed by atoms with Gasteiger partial charge in [-0.15, -0.1) is 0 Å². The van der Waals surface area contributed by atoms with Crippen molar-refractivity contribution in [2.24, 2.45) is 0 Å². The second-order valence-electron chi connectivity index (χ2n) is 6.16. The van der Waals surface area contributed by atoms with Gasteiger partial charge in [-0.1, -0.05) is 6.07 Å². The molecule has 1 aromatic rings. The predicted octanol–water partition coefficient (Wildman–Crippen LogP) is 2.28. The standard InChI is InChI=1S/C16H20F3N3O/c1-20-7-9-21(10-8-20)13-5-4-12-3-2-6-22(14(12)11-13)15(23)16(17,18)19/h4-5,11H,2-3,6-10H2,1H3. The van der Waals surface area contributed by atoms with E-state index in [9.17, 15) is 18.0 Å². The van der Waals surface area contributed by atoms with E-state index in [4.69, 9.17) is 0 Å². The van der Waals surface area contributed by atoms with E-state index in [1.807, 2.05) is 19.2 Å². The SMILES string of the molecule is CN1CCN(c2ccc3c(c2)N(C(=O)C(F)(F)F)CCC3)CC1. The molecule has 0 bridgehead atoms. The molecule has 2 aliphatic heterocycles. The molecule has 1 saturated heterocycles. The Kier molecular flexibility index (Phi) is 4.23. The average Bonchev–Trinajstić information content (AvgIpc) is 2.53. The summed E-state index contributed by atoms with van der Waals surface area (Å²) in [6, 6.07) is 5.55. The van der Waals surface area contributed by atoms with Crippen molar-refractivity contribution in [2.45, 2.75) is 19.0 Å². The third kappa shape index (κ3) is 3.29. The number of carbonyl (C=O) groups excluding carboxylic acids is 1. The number of halogens is 3. The molecule has 23 heavy (non-hydrogen) atoms. The fourth-order valence-corrected chi connectivity index (χ4v) is 3.19. The minimum atomic E-state index is -4.83. The number of likely N-dealkylation sites (N-methyl/N-ethyl adjacent to an activating group) is 1. The first-order valence-corrected chi connectivity index (χ1v) is 7.81. The highest BCUT2D eigenvalue weighted by atomic mass is 19.4. The van der Waals surface area contributed by atoms with Crippen LogP contribution in [0.3, 0.4) is 0 Å². The molecule has 1 fully saturated rings. The molecule has 2 heterocycles. The number of anilines is 2. The number of hydrogen-bond acceptors (Lipinski definition) is 3. The van der Waals surface area contributed by atoms with Crippen LogP contribution in [0.15, 0.2) is 18.2 Å². The molecule has 0 radical (unpaired) electrons. The van der Waals surface area contributed by atoms with Crippen LogP contribution in [-0.4, -0.2) is 56.8 Å². The number of carbonyl (C=O) groups is 1. The minimum Gasteiger partial charge on any atom is -0.369 e. The number of hydrogen-bond donors (Lipinski definition) is 0. The number of rotatable bonds is 1. The number of aryl methyl sites for hydroxylation is 1. The van der Waals surface area contributed by atoms with Gasteiger partial charge in [0.2, 0.25) is 0 Å². The van der Waals surface area contributed by atoms with Gasteiger partial charge < -0.3 is 14.7 Å². The summed E-state index contributed by atoms with van der Waals surface area (Å²) < 4.78 is 38.5. The van der Waals surface area contributed by atoms with Crippen LogP contribution in [0.4, 0.5) is 24.5 Å². The zero-order valence-corrected chi connectivity index (χ0v) is 13.1. The van der Waals surface area contributed by atoms with Crippen LogP contribution in [0.5, 0.6) is 0 Å². The quantitative estimate of drug-likeness (QED) is 0.792. The van der Waals surface area contributed by atoms with Gasteiger partial charge in [0.05, 0.1) is 0 Å². The molecule has 4 nitrogen and oxygen atoms in total. The topological polar surface area (TPSA) is 26.8 Å². The second-order valence-corrected chi connectivity index (χ2v) is 6.16. The highest BCUT2D eigenvalue weighted by molar-refractivity contribution is 5.98. The number of benzene rings is 1. The Hall–Kier alpha value is -1.76. The number of alkyl halides is 3. The highest BCUT2D eigenvalue weighted by Crippen LogP contribution is 2.34. The van der Waals surface area contributed by atoms with Crippen LogP contribution in [0, 0.1) is 0 Å². The van der Waals surface area contributed by atoms with Crippen molar-refractivity contribution >= 4 is 17.3 Å². The first-order valence-electron chi connectivity index (χ1n) is 7.81. The normalized spacial score (nSPS) is 19.7. The van der Waals surface area contributed by atoms with E-state index in [0.29, 0.717) is 18.5 Å². The molecular formula is C16H20F3N3O. The molecule has 3 rings (SSSR count). The Morgan fingerprint density at radius 1 is 1.09 bits per heavy atom. The molecule has 0 spiro atoms. The van der Waals surface area contributed by atoms with E-state index >= 15 is 0 Å². The van der Waals surface area contributed by atoms with Gasteiger partial charge in [0.15, 0.2) is 0 Å². The van der Waals surface area contributed by atoms with Gasteiger partial charge in [-0.2, -0.15) is 13.2 Å². The van der Waals surface area contributed by atoms with Crippen LogP contribution in [0.1, 0.15) is 12.0 Å². The molecule has 126 valence electrons. The van der Waals surface area contributed by atoms with Gasteiger partial charge in [-0.25, -0.2) is 0 Å². The molecule has 1 amide bonds. The maximum absolute atomic E-state index is 12.8. The lowest BCUT2D eigenvalue weighted by Crippen LogP contribution is -2.45. The van der Waals surface area contributed by atoms with Crippen molar-refractivity contribution in [1.82, 2.24) is 4.90 Å². The maximum Gasteiger partial charge on any atom is 0.471 e. The number of nitrogens with zero attached hydrogens (tertiary/aromatic N) is 3. The Bertz CT molecular complexity index is 595. The maximum atomic E-state index is 12.8. The van der Waals surface area contributed by atoms with Crippen molar-refractivity contribution in [3.05, 3.63) is 23.8 Å². The minimum absolute atomic E-state index is 0.123. The van der Waals surface area contributed by atoms with E-state index in [2.05, 4.69) is 9.80 Å². The highest BCUT2D eigenvalue weighted by Gasteiger charge is 2.44. The number of fused-ring (bicyclic) bond motifs is 1. The first kappa shape index (κ1) is 16.1. The Labute approximate surface area is 133 Å². The Morgan fingerprint density at radius 2 is 1.78 bits per heavy atom. The van der Waals surface area contributed by atoms with Gasteiger partial charge in [-0.05, 0) is 37.6 Å². The Balaban J connectivity index is 1.89. The number of piperazine rings is 1. The molecular weight excluding hydrogens is 307 g/mol. The van der Waals surface area contributed by atoms with Crippen molar-refractivity contribution in [2.75, 3.05) is 49.6 Å². The Morgan fingerprint density at radius 3 is 2.43 bits per heavy atom. The third-order valence-electron chi connectivity index (χ3n) is 4.54. The largest absolute Gasteiger partial charge is 0.471 e. The number of amides is 1. The van der Waals surface area contributed by atoms with E-state index in [1.165, 1.54) is 0 Å². The van der Waals surface area contributed by atoms with Crippen LogP contribution >= 0.6 is 0 Å². The lowest BCUT2D eigenvalue weighted by atomic mass is 10.0. The molecule has 0 aromatic heterocycles. The fourth-order valence-electron chi connectivity index (χ4n) is 3.19. The van der Waals surface area contributed by atoms with E-state index in [-0.39, 0.29) is 6.54 Å². The molecule has 0 N–H and O–H groups in total. The summed E-state index contributed by atoms with van der Waals surface area (Å²) in [6.45, 7) is 3.63. The first-order chi connectivity index (χ1) is 10.9. The summed E-state index contributed by atoms with van der Waals surface area (Å²) in [4.78, 5) is 17.0. The summed E-state index contributed by atoms with van der Waals surface area (Å²) in [6.07, 6.45) is -3.57. The molecule has 2 aliphatic rings. The molecule has 0 aliphatic carbocycles. The van der Waals surface area contributed by atoms with Crippen molar-refractivity contribution < 1.29 is 18.0 Å². The van der Waals surface area contributed by atoms with Crippen LogP contribution < -0.4 is 9.80 Å². The fraction of sp³-hybridized carbons (Fsp3) is 0.562.